The van der Waals surface area contributed by atoms with Gasteiger partial charge in [0.15, 0.2) is 0 Å². The van der Waals surface area contributed by atoms with Crippen molar-refractivity contribution in [2.24, 2.45) is 0 Å². The summed E-state index contributed by atoms with van der Waals surface area (Å²) in [6.07, 6.45) is 0. The Morgan fingerprint density at radius 2 is 2.06 bits per heavy atom. The number of likely N-dealkylation sites (N-methyl/N-ethyl adjacent to an activating group) is 1. The van der Waals surface area contributed by atoms with Crippen LogP contribution in [0, 0.1) is 0 Å². The molecule has 0 aromatic heterocycles. The zero-order valence-electron chi connectivity index (χ0n) is 8.91. The molecule has 88 valence electrons. The fraction of sp³-hybridized carbons (Fsp3) is 0.364. The Morgan fingerprint density at radius 1 is 1.38 bits per heavy atom. The maximum absolute atomic E-state index is 11.9. The van der Waals surface area contributed by atoms with Crippen LogP contribution >= 0.6 is 23.2 Å². The molecule has 0 heterocycles. The third kappa shape index (κ3) is 3.11. The highest BCUT2D eigenvalue weighted by molar-refractivity contribution is 6.42. The van der Waals surface area contributed by atoms with Gasteiger partial charge in [-0.05, 0) is 25.1 Å². The van der Waals surface area contributed by atoms with Crippen LogP contribution in [0.3, 0.4) is 0 Å². The maximum Gasteiger partial charge on any atom is 0.253 e. The first-order valence-corrected chi connectivity index (χ1v) is 5.71. The van der Waals surface area contributed by atoms with Gasteiger partial charge in [0, 0.05) is 18.7 Å². The molecule has 1 N–H and O–H groups in total. The van der Waals surface area contributed by atoms with E-state index in [1.54, 1.807) is 17.0 Å². The van der Waals surface area contributed by atoms with E-state index >= 15 is 0 Å². The number of aliphatic hydroxyl groups is 1. The van der Waals surface area contributed by atoms with Gasteiger partial charge < -0.3 is 10.0 Å². The summed E-state index contributed by atoms with van der Waals surface area (Å²) in [7, 11) is 0. The molecule has 1 amide bonds. The Hall–Kier alpha value is -0.770. The molecule has 3 nitrogen and oxygen atoms in total. The van der Waals surface area contributed by atoms with Crippen LogP contribution in [0.2, 0.25) is 10.0 Å². The second kappa shape index (κ2) is 6.09. The lowest BCUT2D eigenvalue weighted by Crippen LogP contribution is -2.33. The van der Waals surface area contributed by atoms with Gasteiger partial charge in [0.1, 0.15) is 0 Å². The van der Waals surface area contributed by atoms with Crippen molar-refractivity contribution < 1.29 is 9.90 Å². The van der Waals surface area contributed by atoms with Crippen LogP contribution in [0.25, 0.3) is 0 Å². The highest BCUT2D eigenvalue weighted by Crippen LogP contribution is 2.23. The zero-order valence-corrected chi connectivity index (χ0v) is 10.4. The molecule has 1 aromatic rings. The smallest absolute Gasteiger partial charge is 0.253 e. The molecule has 0 aliphatic rings. The van der Waals surface area contributed by atoms with E-state index in [0.29, 0.717) is 28.7 Å². The van der Waals surface area contributed by atoms with Crippen LogP contribution in [0.15, 0.2) is 18.2 Å². The van der Waals surface area contributed by atoms with Gasteiger partial charge in [0.05, 0.1) is 16.7 Å². The maximum atomic E-state index is 11.9. The normalized spacial score (nSPS) is 10.2. The molecule has 1 aromatic carbocycles. The van der Waals surface area contributed by atoms with Gasteiger partial charge in [-0.2, -0.15) is 0 Å². The number of aliphatic hydroxyl groups excluding tert-OH is 1. The lowest BCUT2D eigenvalue weighted by molar-refractivity contribution is 0.0732. The summed E-state index contributed by atoms with van der Waals surface area (Å²) in [6.45, 7) is 2.65. The molecule has 5 heteroatoms. The van der Waals surface area contributed by atoms with Crippen molar-refractivity contribution in [3.8, 4) is 0 Å². The second-order valence-electron chi connectivity index (χ2n) is 3.24. The summed E-state index contributed by atoms with van der Waals surface area (Å²) in [5, 5.41) is 9.60. The number of carbonyl (C=O) groups excluding carboxylic acids is 1. The lowest BCUT2D eigenvalue weighted by Gasteiger charge is -2.19. The Bertz CT molecular complexity index is 382. The van der Waals surface area contributed by atoms with Crippen LogP contribution in [-0.4, -0.2) is 35.6 Å². The van der Waals surface area contributed by atoms with E-state index in [4.69, 9.17) is 28.3 Å². The van der Waals surface area contributed by atoms with Gasteiger partial charge in [-0.25, -0.2) is 0 Å². The van der Waals surface area contributed by atoms with Gasteiger partial charge in [-0.1, -0.05) is 23.2 Å². The van der Waals surface area contributed by atoms with Gasteiger partial charge >= 0.3 is 0 Å². The number of halogens is 2. The van der Waals surface area contributed by atoms with Crippen LogP contribution in [0.1, 0.15) is 17.3 Å². The molecule has 0 radical (unpaired) electrons. The first kappa shape index (κ1) is 13.3. The number of amides is 1. The van der Waals surface area contributed by atoms with E-state index in [2.05, 4.69) is 0 Å². The fourth-order valence-corrected chi connectivity index (χ4v) is 1.63. The van der Waals surface area contributed by atoms with Crippen molar-refractivity contribution in [1.82, 2.24) is 4.90 Å². The number of nitrogens with zero attached hydrogens (tertiary/aromatic N) is 1. The first-order valence-electron chi connectivity index (χ1n) is 4.95. The minimum Gasteiger partial charge on any atom is -0.395 e. The van der Waals surface area contributed by atoms with Crippen LogP contribution in [0.4, 0.5) is 0 Å². The summed E-state index contributed by atoms with van der Waals surface area (Å²) in [4.78, 5) is 13.5. The molecular formula is C11H13Cl2NO2. The third-order valence-electron chi connectivity index (χ3n) is 2.21. The number of carbonyl (C=O) groups is 1. The van der Waals surface area contributed by atoms with Crippen molar-refractivity contribution in [2.45, 2.75) is 6.92 Å². The van der Waals surface area contributed by atoms with Crippen molar-refractivity contribution in [1.29, 1.82) is 0 Å². The Balaban J connectivity index is 2.90. The van der Waals surface area contributed by atoms with Gasteiger partial charge in [-0.3, -0.25) is 4.79 Å². The van der Waals surface area contributed by atoms with Crippen molar-refractivity contribution in [3.63, 3.8) is 0 Å². The molecule has 0 atom stereocenters. The average Bonchev–Trinajstić information content (AvgIpc) is 2.28. The second-order valence-corrected chi connectivity index (χ2v) is 4.05. The van der Waals surface area contributed by atoms with E-state index < -0.39 is 0 Å². The molecule has 0 unspecified atom stereocenters. The minimum atomic E-state index is -0.157. The van der Waals surface area contributed by atoms with Crippen molar-refractivity contribution in [2.75, 3.05) is 19.7 Å². The van der Waals surface area contributed by atoms with Gasteiger partial charge in [0.2, 0.25) is 0 Å². The summed E-state index contributed by atoms with van der Waals surface area (Å²) in [6, 6.07) is 4.74. The fourth-order valence-electron chi connectivity index (χ4n) is 1.34. The Labute approximate surface area is 105 Å². The average molecular weight is 262 g/mol. The van der Waals surface area contributed by atoms with Gasteiger partial charge in [-0.15, -0.1) is 0 Å². The molecule has 0 fully saturated rings. The number of rotatable bonds is 4. The highest BCUT2D eigenvalue weighted by Gasteiger charge is 2.14. The van der Waals surface area contributed by atoms with E-state index in [-0.39, 0.29) is 12.5 Å². The summed E-state index contributed by atoms with van der Waals surface area (Å²) in [5.74, 6) is -0.157. The topological polar surface area (TPSA) is 40.5 Å². The van der Waals surface area contributed by atoms with Gasteiger partial charge in [0.25, 0.3) is 5.91 Å². The Kier molecular flexibility index (Phi) is 5.06. The molecule has 0 bridgehead atoms. The minimum absolute atomic E-state index is 0.0547. The molecule has 0 aliphatic heterocycles. The number of hydrogen-bond donors (Lipinski definition) is 1. The molecule has 16 heavy (non-hydrogen) atoms. The van der Waals surface area contributed by atoms with Crippen molar-refractivity contribution >= 4 is 29.1 Å². The molecule has 0 spiro atoms. The number of hydrogen-bond acceptors (Lipinski definition) is 2. The third-order valence-corrected chi connectivity index (χ3v) is 2.94. The van der Waals surface area contributed by atoms with E-state index in [0.717, 1.165) is 0 Å². The summed E-state index contributed by atoms with van der Waals surface area (Å²) < 4.78 is 0. The van der Waals surface area contributed by atoms with Crippen LogP contribution in [0.5, 0.6) is 0 Å². The first-order chi connectivity index (χ1) is 7.60. The largest absolute Gasteiger partial charge is 0.395 e. The van der Waals surface area contributed by atoms with Crippen molar-refractivity contribution in [3.05, 3.63) is 33.8 Å². The van der Waals surface area contributed by atoms with Crippen LogP contribution in [-0.2, 0) is 0 Å². The quantitative estimate of drug-likeness (QED) is 0.905. The Morgan fingerprint density at radius 3 is 2.56 bits per heavy atom. The van der Waals surface area contributed by atoms with Crippen LogP contribution < -0.4 is 0 Å². The molecule has 0 saturated heterocycles. The molecule has 0 saturated carbocycles. The summed E-state index contributed by atoms with van der Waals surface area (Å²) >= 11 is 11.6. The SMILES string of the molecule is CCN(CCO)C(=O)c1ccc(Cl)c(Cl)c1. The highest BCUT2D eigenvalue weighted by atomic mass is 35.5. The molecule has 0 aliphatic carbocycles. The van der Waals surface area contributed by atoms with E-state index in [1.165, 1.54) is 6.07 Å². The van der Waals surface area contributed by atoms with E-state index in [9.17, 15) is 4.79 Å². The lowest BCUT2D eigenvalue weighted by atomic mass is 10.2. The number of benzene rings is 1. The monoisotopic (exact) mass is 261 g/mol. The summed E-state index contributed by atoms with van der Waals surface area (Å²) in [5.41, 5.74) is 0.477. The zero-order chi connectivity index (χ0) is 12.1. The molecule has 1 rings (SSSR count). The predicted molar refractivity (Wildman–Crippen MR) is 65.1 cm³/mol. The predicted octanol–water partition coefficient (Wildman–Crippen LogP) is 2.45. The molecular weight excluding hydrogens is 249 g/mol. The van der Waals surface area contributed by atoms with E-state index in [1.807, 2.05) is 6.92 Å². The standard InChI is InChI=1S/C11H13Cl2NO2/c1-2-14(5-6-15)11(16)8-3-4-9(12)10(13)7-8/h3-4,7,15H,2,5-6H2,1H3.